The van der Waals surface area contributed by atoms with Gasteiger partial charge in [0, 0.05) is 5.02 Å². The zero-order valence-electron chi connectivity index (χ0n) is 9.54. The summed E-state index contributed by atoms with van der Waals surface area (Å²) in [6, 6.07) is 3.09. The van der Waals surface area contributed by atoms with E-state index < -0.39 is 11.4 Å². The number of benzene rings is 1. The Morgan fingerprint density at radius 2 is 2.00 bits per heavy atom. The van der Waals surface area contributed by atoms with E-state index in [1.165, 1.54) is 6.07 Å². The molecule has 0 unspecified atom stereocenters. The molecular formula is C12H15ClO3. The van der Waals surface area contributed by atoms with E-state index in [9.17, 15) is 9.90 Å². The summed E-state index contributed by atoms with van der Waals surface area (Å²) in [4.78, 5) is 11.0. The maximum absolute atomic E-state index is 11.0. The van der Waals surface area contributed by atoms with Gasteiger partial charge in [-0.1, -0.05) is 11.6 Å². The first-order chi connectivity index (χ1) is 7.25. The average Bonchev–Trinajstić information content (AvgIpc) is 2.18. The Balaban J connectivity index is 3.15. The lowest BCUT2D eigenvalue weighted by Crippen LogP contribution is -2.26. The maximum Gasteiger partial charge on any atom is 0.309 e. The molecule has 0 saturated carbocycles. The Bertz CT molecular complexity index is 425. The Labute approximate surface area is 99.7 Å². The molecule has 0 amide bonds. The van der Waals surface area contributed by atoms with Gasteiger partial charge in [-0.3, -0.25) is 4.79 Å². The molecule has 0 atom stereocenters. The second-order valence-electron chi connectivity index (χ2n) is 4.54. The summed E-state index contributed by atoms with van der Waals surface area (Å²) in [7, 11) is 0. The van der Waals surface area contributed by atoms with Crippen LogP contribution in [0.4, 0.5) is 0 Å². The van der Waals surface area contributed by atoms with Crippen LogP contribution in [0.15, 0.2) is 12.1 Å². The predicted octanol–water partition coefficient (Wildman–Crippen LogP) is 3.01. The van der Waals surface area contributed by atoms with Crippen molar-refractivity contribution >= 4 is 17.6 Å². The van der Waals surface area contributed by atoms with Gasteiger partial charge in [0.25, 0.3) is 0 Å². The molecule has 4 heteroatoms. The number of aliphatic carboxylic acids is 1. The molecule has 88 valence electrons. The summed E-state index contributed by atoms with van der Waals surface area (Å²) in [6.45, 7) is 5.01. The molecular weight excluding hydrogens is 228 g/mol. The van der Waals surface area contributed by atoms with Gasteiger partial charge in [0.2, 0.25) is 0 Å². The molecule has 0 aromatic heterocycles. The molecule has 1 rings (SSSR count). The molecule has 1 aromatic rings. The number of halogens is 1. The number of phenols is 1. The van der Waals surface area contributed by atoms with Gasteiger partial charge in [-0.05, 0) is 50.5 Å². The van der Waals surface area contributed by atoms with Gasteiger partial charge in [0.15, 0.2) is 0 Å². The van der Waals surface area contributed by atoms with Crippen molar-refractivity contribution in [2.24, 2.45) is 5.41 Å². The number of aromatic hydroxyl groups is 1. The van der Waals surface area contributed by atoms with Gasteiger partial charge in [-0.2, -0.15) is 0 Å². The van der Waals surface area contributed by atoms with Gasteiger partial charge in [-0.25, -0.2) is 0 Å². The van der Waals surface area contributed by atoms with E-state index in [0.29, 0.717) is 10.6 Å². The number of hydrogen-bond donors (Lipinski definition) is 2. The third kappa shape index (κ3) is 2.47. The highest BCUT2D eigenvalue weighted by Crippen LogP contribution is 2.33. The molecule has 0 aliphatic rings. The van der Waals surface area contributed by atoms with Crippen LogP contribution < -0.4 is 0 Å². The zero-order chi connectivity index (χ0) is 12.5. The van der Waals surface area contributed by atoms with Crippen molar-refractivity contribution in [3.63, 3.8) is 0 Å². The quantitative estimate of drug-likeness (QED) is 0.857. The normalized spacial score (nSPS) is 11.5. The largest absolute Gasteiger partial charge is 0.508 e. The molecule has 0 aliphatic heterocycles. The number of carboxylic acids is 1. The average molecular weight is 243 g/mol. The number of rotatable bonds is 3. The summed E-state index contributed by atoms with van der Waals surface area (Å²) < 4.78 is 0. The number of carbonyl (C=O) groups is 1. The number of phenolic OH excluding ortho intramolecular Hbond substituents is 1. The van der Waals surface area contributed by atoms with Crippen LogP contribution in [-0.4, -0.2) is 16.2 Å². The van der Waals surface area contributed by atoms with Crippen molar-refractivity contribution < 1.29 is 15.0 Å². The molecule has 2 N–H and O–H groups in total. The third-order valence-corrected chi connectivity index (χ3v) is 3.11. The highest BCUT2D eigenvalue weighted by Gasteiger charge is 2.29. The van der Waals surface area contributed by atoms with E-state index >= 15 is 0 Å². The molecule has 3 nitrogen and oxygen atoms in total. The molecule has 0 radical (unpaired) electrons. The summed E-state index contributed by atoms with van der Waals surface area (Å²) in [6.07, 6.45) is 0.251. The summed E-state index contributed by atoms with van der Waals surface area (Å²) >= 11 is 5.94. The minimum Gasteiger partial charge on any atom is -0.508 e. The standard InChI is InChI=1S/C12H15ClO3/c1-7-8(6-12(2,3)11(15)16)10(14)5-4-9(7)13/h4-5,14H,6H2,1-3H3,(H,15,16). The Kier molecular flexibility index (Phi) is 3.48. The molecule has 0 fully saturated rings. The van der Waals surface area contributed by atoms with Gasteiger partial charge in [0.05, 0.1) is 5.41 Å². The van der Waals surface area contributed by atoms with Gasteiger partial charge in [-0.15, -0.1) is 0 Å². The Morgan fingerprint density at radius 1 is 1.44 bits per heavy atom. The van der Waals surface area contributed by atoms with Gasteiger partial charge >= 0.3 is 5.97 Å². The highest BCUT2D eigenvalue weighted by atomic mass is 35.5. The minimum absolute atomic E-state index is 0.0937. The first-order valence-corrected chi connectivity index (χ1v) is 5.34. The SMILES string of the molecule is Cc1c(Cl)ccc(O)c1CC(C)(C)C(=O)O. The van der Waals surface area contributed by atoms with Crippen LogP contribution in [-0.2, 0) is 11.2 Å². The third-order valence-electron chi connectivity index (χ3n) is 2.71. The van der Waals surface area contributed by atoms with Crippen molar-refractivity contribution in [3.05, 3.63) is 28.3 Å². The van der Waals surface area contributed by atoms with Gasteiger partial charge < -0.3 is 10.2 Å². The van der Waals surface area contributed by atoms with Crippen LogP contribution >= 0.6 is 11.6 Å². The molecule has 0 spiro atoms. The fourth-order valence-electron chi connectivity index (χ4n) is 1.45. The lowest BCUT2D eigenvalue weighted by atomic mass is 9.84. The second-order valence-corrected chi connectivity index (χ2v) is 4.94. The summed E-state index contributed by atoms with van der Waals surface area (Å²) in [5, 5.41) is 19.3. The smallest absolute Gasteiger partial charge is 0.309 e. The fourth-order valence-corrected chi connectivity index (χ4v) is 1.63. The first-order valence-electron chi connectivity index (χ1n) is 4.96. The molecule has 0 bridgehead atoms. The lowest BCUT2D eigenvalue weighted by molar-refractivity contribution is -0.146. The van der Waals surface area contributed by atoms with E-state index in [-0.39, 0.29) is 12.2 Å². The van der Waals surface area contributed by atoms with Crippen molar-refractivity contribution in [3.8, 4) is 5.75 Å². The van der Waals surface area contributed by atoms with E-state index in [1.807, 2.05) is 0 Å². The van der Waals surface area contributed by atoms with Crippen molar-refractivity contribution in [1.82, 2.24) is 0 Å². The van der Waals surface area contributed by atoms with Crippen LogP contribution in [0.1, 0.15) is 25.0 Å². The monoisotopic (exact) mass is 242 g/mol. The van der Waals surface area contributed by atoms with Crippen LogP contribution in [0, 0.1) is 12.3 Å². The summed E-state index contributed by atoms with van der Waals surface area (Å²) in [5.41, 5.74) is 0.406. The van der Waals surface area contributed by atoms with Crippen molar-refractivity contribution in [1.29, 1.82) is 0 Å². The number of hydrogen-bond acceptors (Lipinski definition) is 2. The molecule has 0 aliphatic carbocycles. The number of carboxylic acid groups (broad SMARTS) is 1. The van der Waals surface area contributed by atoms with Crippen LogP contribution in [0.25, 0.3) is 0 Å². The lowest BCUT2D eigenvalue weighted by Gasteiger charge is -2.21. The van der Waals surface area contributed by atoms with E-state index in [4.69, 9.17) is 16.7 Å². The van der Waals surface area contributed by atoms with Crippen LogP contribution in [0.3, 0.4) is 0 Å². The predicted molar refractivity (Wildman–Crippen MR) is 63.0 cm³/mol. The molecule has 1 aromatic carbocycles. The van der Waals surface area contributed by atoms with Crippen LogP contribution in [0.5, 0.6) is 5.75 Å². The van der Waals surface area contributed by atoms with E-state index in [1.54, 1.807) is 26.8 Å². The fraction of sp³-hybridized carbons (Fsp3) is 0.417. The van der Waals surface area contributed by atoms with E-state index in [2.05, 4.69) is 0 Å². The van der Waals surface area contributed by atoms with Crippen molar-refractivity contribution in [2.75, 3.05) is 0 Å². The zero-order valence-corrected chi connectivity index (χ0v) is 10.3. The Morgan fingerprint density at radius 3 is 2.50 bits per heavy atom. The summed E-state index contributed by atoms with van der Waals surface area (Å²) in [5.74, 6) is -0.803. The first kappa shape index (κ1) is 12.8. The van der Waals surface area contributed by atoms with Crippen LogP contribution in [0.2, 0.25) is 5.02 Å². The topological polar surface area (TPSA) is 57.5 Å². The molecule has 16 heavy (non-hydrogen) atoms. The Hall–Kier alpha value is -1.22. The maximum atomic E-state index is 11.0. The van der Waals surface area contributed by atoms with Crippen molar-refractivity contribution in [2.45, 2.75) is 27.2 Å². The minimum atomic E-state index is -0.924. The second kappa shape index (κ2) is 4.34. The van der Waals surface area contributed by atoms with E-state index in [0.717, 1.165) is 5.56 Å². The molecule has 0 heterocycles. The van der Waals surface area contributed by atoms with Gasteiger partial charge in [0.1, 0.15) is 5.75 Å². The molecule has 0 saturated heterocycles. The highest BCUT2D eigenvalue weighted by molar-refractivity contribution is 6.31.